The topological polar surface area (TPSA) is 69.7 Å². The largest absolute Gasteiger partial charge is 0.339 e. The van der Waals surface area contributed by atoms with Gasteiger partial charge in [-0.2, -0.15) is 4.31 Å². The van der Waals surface area contributed by atoms with Crippen LogP contribution in [0.15, 0.2) is 0 Å². The second-order valence-electron chi connectivity index (χ2n) is 5.51. The van der Waals surface area contributed by atoms with E-state index in [1.165, 1.54) is 4.31 Å². The molecule has 1 N–H and O–H groups in total. The molecule has 0 aromatic rings. The molecular weight excluding hydrogens is 278 g/mol. The number of hydrogen-bond donors (Lipinski definition) is 1. The third-order valence-electron chi connectivity index (χ3n) is 4.03. The van der Waals surface area contributed by atoms with Crippen LogP contribution in [0.2, 0.25) is 0 Å². The van der Waals surface area contributed by atoms with Gasteiger partial charge in [0.2, 0.25) is 15.9 Å². The van der Waals surface area contributed by atoms with E-state index >= 15 is 0 Å². The van der Waals surface area contributed by atoms with Gasteiger partial charge < -0.3 is 10.2 Å². The average Bonchev–Trinajstić information content (AvgIpc) is 2.95. The zero-order valence-corrected chi connectivity index (χ0v) is 13.0. The molecule has 0 aromatic heterocycles. The minimum absolute atomic E-state index is 0.0101. The van der Waals surface area contributed by atoms with Crippen molar-refractivity contribution in [3.63, 3.8) is 0 Å². The highest BCUT2D eigenvalue weighted by Gasteiger charge is 2.40. The van der Waals surface area contributed by atoms with Crippen LogP contribution in [0.4, 0.5) is 0 Å². The molecule has 2 heterocycles. The first-order chi connectivity index (χ1) is 9.56. The number of rotatable bonds is 5. The molecule has 2 aliphatic heterocycles. The number of sulfonamides is 1. The van der Waals surface area contributed by atoms with Crippen LogP contribution in [-0.2, 0) is 14.8 Å². The summed E-state index contributed by atoms with van der Waals surface area (Å²) in [5.41, 5.74) is 0. The van der Waals surface area contributed by atoms with E-state index < -0.39 is 16.1 Å². The Hall–Kier alpha value is -0.660. The number of carbonyl (C=O) groups is 1. The number of unbranched alkanes of at least 4 members (excludes halogenated alkanes) is 1. The molecule has 0 bridgehead atoms. The third kappa shape index (κ3) is 3.51. The lowest BCUT2D eigenvalue weighted by Gasteiger charge is -2.32. The Kier molecular flexibility index (Phi) is 5.40. The molecule has 0 aliphatic carbocycles. The third-order valence-corrected chi connectivity index (χ3v) is 5.99. The van der Waals surface area contributed by atoms with Crippen molar-refractivity contribution in [3.05, 3.63) is 0 Å². The van der Waals surface area contributed by atoms with Gasteiger partial charge in [0.15, 0.2) is 0 Å². The van der Waals surface area contributed by atoms with Gasteiger partial charge in [0, 0.05) is 32.7 Å². The van der Waals surface area contributed by atoms with Crippen molar-refractivity contribution in [2.24, 2.45) is 0 Å². The predicted octanol–water partition coefficient (Wildman–Crippen LogP) is 0.0125. The molecule has 0 radical (unpaired) electrons. The SMILES string of the molecule is CCCCS(=O)(=O)N1CCCC1C(=O)N1CCNCC1. The fourth-order valence-corrected chi connectivity index (χ4v) is 4.74. The number of carbonyl (C=O) groups excluding carboxylic acids is 1. The molecule has 20 heavy (non-hydrogen) atoms. The minimum Gasteiger partial charge on any atom is -0.339 e. The Morgan fingerprint density at radius 3 is 2.60 bits per heavy atom. The second kappa shape index (κ2) is 6.87. The summed E-state index contributed by atoms with van der Waals surface area (Å²) in [4.78, 5) is 14.3. The zero-order chi connectivity index (χ0) is 14.6. The minimum atomic E-state index is -3.28. The van der Waals surface area contributed by atoms with Crippen molar-refractivity contribution in [3.8, 4) is 0 Å². The molecule has 7 heteroatoms. The molecule has 0 saturated carbocycles. The number of piperazine rings is 1. The van der Waals surface area contributed by atoms with Crippen LogP contribution in [0.1, 0.15) is 32.6 Å². The first-order valence-corrected chi connectivity index (χ1v) is 9.16. The van der Waals surface area contributed by atoms with E-state index in [-0.39, 0.29) is 11.7 Å². The lowest BCUT2D eigenvalue weighted by molar-refractivity contribution is -0.135. The van der Waals surface area contributed by atoms with E-state index in [2.05, 4.69) is 5.32 Å². The van der Waals surface area contributed by atoms with Crippen molar-refractivity contribution in [2.75, 3.05) is 38.5 Å². The summed E-state index contributed by atoms with van der Waals surface area (Å²) in [6.07, 6.45) is 2.96. The summed E-state index contributed by atoms with van der Waals surface area (Å²) in [7, 11) is -3.28. The van der Waals surface area contributed by atoms with E-state index in [0.29, 0.717) is 32.5 Å². The molecular formula is C13H25N3O3S. The van der Waals surface area contributed by atoms with Crippen LogP contribution in [-0.4, -0.2) is 68.0 Å². The second-order valence-corrected chi connectivity index (χ2v) is 7.55. The van der Waals surface area contributed by atoms with E-state index in [1.54, 1.807) is 4.90 Å². The molecule has 2 aliphatic rings. The first kappa shape index (κ1) is 15.7. The van der Waals surface area contributed by atoms with Crippen LogP contribution in [0.25, 0.3) is 0 Å². The Morgan fingerprint density at radius 2 is 1.95 bits per heavy atom. The molecule has 6 nitrogen and oxygen atoms in total. The number of amides is 1. The molecule has 2 saturated heterocycles. The van der Waals surface area contributed by atoms with Crippen LogP contribution < -0.4 is 5.32 Å². The van der Waals surface area contributed by atoms with E-state index in [4.69, 9.17) is 0 Å². The van der Waals surface area contributed by atoms with Gasteiger partial charge in [0.05, 0.1) is 5.75 Å². The normalized spacial score (nSPS) is 25.1. The summed E-state index contributed by atoms with van der Waals surface area (Å²) in [6, 6.07) is -0.463. The number of hydrogen-bond acceptors (Lipinski definition) is 4. The molecule has 0 aromatic carbocycles. The van der Waals surface area contributed by atoms with Crippen molar-refractivity contribution in [2.45, 2.75) is 38.6 Å². The van der Waals surface area contributed by atoms with Crippen molar-refractivity contribution in [1.29, 1.82) is 0 Å². The van der Waals surface area contributed by atoms with E-state index in [1.807, 2.05) is 6.92 Å². The van der Waals surface area contributed by atoms with Gasteiger partial charge in [0.1, 0.15) is 6.04 Å². The van der Waals surface area contributed by atoms with Crippen LogP contribution in [0.5, 0.6) is 0 Å². The summed E-state index contributed by atoms with van der Waals surface area (Å²) >= 11 is 0. The molecule has 1 amide bonds. The van der Waals surface area contributed by atoms with Crippen LogP contribution >= 0.6 is 0 Å². The van der Waals surface area contributed by atoms with Gasteiger partial charge in [-0.1, -0.05) is 13.3 Å². The Balaban J connectivity index is 2.04. The predicted molar refractivity (Wildman–Crippen MR) is 77.9 cm³/mol. The molecule has 116 valence electrons. The van der Waals surface area contributed by atoms with Crippen molar-refractivity contribution >= 4 is 15.9 Å². The number of nitrogens with zero attached hydrogens (tertiary/aromatic N) is 2. The average molecular weight is 303 g/mol. The Morgan fingerprint density at radius 1 is 1.25 bits per heavy atom. The highest BCUT2D eigenvalue weighted by Crippen LogP contribution is 2.24. The van der Waals surface area contributed by atoms with Crippen LogP contribution in [0, 0.1) is 0 Å². The Bertz CT molecular complexity index is 432. The molecule has 2 rings (SSSR count). The van der Waals surface area contributed by atoms with Gasteiger partial charge in [-0.15, -0.1) is 0 Å². The van der Waals surface area contributed by atoms with Crippen molar-refractivity contribution < 1.29 is 13.2 Å². The molecule has 2 fully saturated rings. The van der Waals surface area contributed by atoms with Crippen molar-refractivity contribution in [1.82, 2.24) is 14.5 Å². The smallest absolute Gasteiger partial charge is 0.241 e. The van der Waals surface area contributed by atoms with E-state index in [0.717, 1.165) is 25.9 Å². The summed E-state index contributed by atoms with van der Waals surface area (Å²) in [5, 5.41) is 3.20. The van der Waals surface area contributed by atoms with Gasteiger partial charge in [0.25, 0.3) is 0 Å². The summed E-state index contributed by atoms with van der Waals surface area (Å²) in [6.45, 7) is 5.41. The van der Waals surface area contributed by atoms with Gasteiger partial charge in [-0.3, -0.25) is 4.79 Å². The fraction of sp³-hybridized carbons (Fsp3) is 0.923. The maximum absolute atomic E-state index is 12.5. The van der Waals surface area contributed by atoms with Crippen LogP contribution in [0.3, 0.4) is 0 Å². The van der Waals surface area contributed by atoms with E-state index in [9.17, 15) is 13.2 Å². The molecule has 1 unspecified atom stereocenters. The monoisotopic (exact) mass is 303 g/mol. The highest BCUT2D eigenvalue weighted by atomic mass is 32.2. The van der Waals surface area contributed by atoms with Gasteiger partial charge in [-0.05, 0) is 19.3 Å². The van der Waals surface area contributed by atoms with Gasteiger partial charge >= 0.3 is 0 Å². The Labute approximate surface area is 121 Å². The zero-order valence-electron chi connectivity index (χ0n) is 12.2. The quantitative estimate of drug-likeness (QED) is 0.777. The highest BCUT2D eigenvalue weighted by molar-refractivity contribution is 7.89. The summed E-state index contributed by atoms with van der Waals surface area (Å²) < 4.78 is 26.1. The standard InChI is InChI=1S/C13H25N3O3S/c1-2-3-11-20(18,19)16-8-4-5-12(16)13(17)15-9-6-14-7-10-15/h12,14H,2-11H2,1H3. The number of nitrogens with one attached hydrogen (secondary N) is 1. The lowest BCUT2D eigenvalue weighted by Crippen LogP contribution is -2.53. The molecule has 1 atom stereocenters. The first-order valence-electron chi connectivity index (χ1n) is 7.55. The molecule has 0 spiro atoms. The fourth-order valence-electron chi connectivity index (χ4n) is 2.86. The summed E-state index contributed by atoms with van der Waals surface area (Å²) in [5.74, 6) is 0.151. The maximum Gasteiger partial charge on any atom is 0.241 e. The lowest BCUT2D eigenvalue weighted by atomic mass is 10.2. The van der Waals surface area contributed by atoms with Gasteiger partial charge in [-0.25, -0.2) is 8.42 Å². The maximum atomic E-state index is 12.5.